The van der Waals surface area contributed by atoms with Gasteiger partial charge in [-0.1, -0.05) is 77.7 Å². The molecule has 0 radical (unpaired) electrons. The van der Waals surface area contributed by atoms with Gasteiger partial charge in [-0.3, -0.25) is 0 Å². The number of aromatic nitrogens is 3. The zero-order chi connectivity index (χ0) is 29.1. The maximum absolute atomic E-state index is 5.85. The number of allylic oxidation sites excluding steroid dienone is 2. The molecule has 7 atom stereocenters. The summed E-state index contributed by atoms with van der Waals surface area (Å²) in [5.41, 5.74) is 9.35. The number of anilines is 1. The highest BCUT2D eigenvalue weighted by atomic mass is 16.4. The Morgan fingerprint density at radius 3 is 2.60 bits per heavy atom. The van der Waals surface area contributed by atoms with E-state index >= 15 is 0 Å². The third-order valence-electron chi connectivity index (χ3n) is 12.4. The van der Waals surface area contributed by atoms with E-state index in [-0.39, 0.29) is 0 Å². The number of hydrogen-bond acceptors (Lipinski definition) is 6. The van der Waals surface area contributed by atoms with E-state index in [1.807, 2.05) is 24.3 Å². The first-order chi connectivity index (χ1) is 20.2. The molecule has 3 fully saturated rings. The van der Waals surface area contributed by atoms with Crippen LogP contribution in [0.5, 0.6) is 0 Å². The topological polar surface area (TPSA) is 76.2 Å². The van der Waals surface area contributed by atoms with E-state index in [1.54, 1.807) is 5.57 Å². The van der Waals surface area contributed by atoms with Crippen molar-refractivity contribution in [3.8, 4) is 0 Å². The molecule has 2 heterocycles. The summed E-state index contributed by atoms with van der Waals surface area (Å²) < 4.78 is 5.85. The summed E-state index contributed by atoms with van der Waals surface area (Å²) in [6.45, 7) is 12.6. The second-order valence-corrected chi connectivity index (χ2v) is 15.1. The van der Waals surface area contributed by atoms with E-state index in [9.17, 15) is 0 Å². The Morgan fingerprint density at radius 1 is 0.976 bits per heavy atom. The second kappa shape index (κ2) is 10.7. The van der Waals surface area contributed by atoms with Crippen LogP contribution in [0.2, 0.25) is 0 Å². The van der Waals surface area contributed by atoms with Crippen molar-refractivity contribution in [3.63, 3.8) is 0 Å². The van der Waals surface area contributed by atoms with Gasteiger partial charge in [0.05, 0.1) is 11.0 Å². The van der Waals surface area contributed by atoms with E-state index in [0.29, 0.717) is 28.2 Å². The van der Waals surface area contributed by atoms with Gasteiger partial charge in [0.15, 0.2) is 0 Å². The number of fused-ring (bicyclic) bond motifs is 7. The Balaban J connectivity index is 1.04. The van der Waals surface area contributed by atoms with Crippen LogP contribution in [-0.2, 0) is 0 Å². The Morgan fingerprint density at radius 2 is 1.79 bits per heavy atom. The smallest absolute Gasteiger partial charge is 0.319 e. The predicted molar refractivity (Wildman–Crippen MR) is 171 cm³/mol. The van der Waals surface area contributed by atoms with Crippen LogP contribution in [0.15, 0.2) is 45.4 Å². The molecule has 42 heavy (non-hydrogen) atoms. The molecule has 3 saturated carbocycles. The summed E-state index contributed by atoms with van der Waals surface area (Å²) in [4.78, 5) is 13.7. The summed E-state index contributed by atoms with van der Waals surface area (Å²) in [7, 11) is 0. The fourth-order valence-corrected chi connectivity index (χ4v) is 10.1. The van der Waals surface area contributed by atoms with Crippen molar-refractivity contribution < 1.29 is 4.42 Å². The lowest BCUT2D eigenvalue weighted by atomic mass is 9.47. The molecule has 7 rings (SSSR count). The van der Waals surface area contributed by atoms with E-state index in [2.05, 4.69) is 61.1 Å². The fraction of sp³-hybridized carbons (Fsp3) is 0.667. The van der Waals surface area contributed by atoms with Crippen molar-refractivity contribution in [3.05, 3.63) is 35.9 Å². The minimum Gasteiger partial charge on any atom is -0.401 e. The zero-order valence-corrected chi connectivity index (χ0v) is 26.3. The van der Waals surface area contributed by atoms with Crippen molar-refractivity contribution in [1.29, 1.82) is 0 Å². The van der Waals surface area contributed by atoms with E-state index < -0.39 is 0 Å². The summed E-state index contributed by atoms with van der Waals surface area (Å²) in [5, 5.41) is 4.79. The van der Waals surface area contributed by atoms with E-state index in [1.165, 1.54) is 63.5 Å². The van der Waals surface area contributed by atoms with Gasteiger partial charge in [-0.25, -0.2) is 15.4 Å². The van der Waals surface area contributed by atoms with Gasteiger partial charge in [0.25, 0.3) is 5.71 Å². The quantitative estimate of drug-likeness (QED) is 0.227. The number of oxazole rings is 1. The maximum Gasteiger partial charge on any atom is 0.319 e. The second-order valence-electron chi connectivity index (χ2n) is 15.1. The van der Waals surface area contributed by atoms with Gasteiger partial charge in [-0.05, 0) is 103 Å². The molecule has 1 N–H and O–H groups in total. The summed E-state index contributed by atoms with van der Waals surface area (Å²) in [6.07, 6.45) is 17.0. The van der Waals surface area contributed by atoms with Crippen LogP contribution in [0.4, 0.5) is 6.01 Å². The molecule has 6 heteroatoms. The van der Waals surface area contributed by atoms with Crippen molar-refractivity contribution in [1.82, 2.24) is 15.0 Å². The molecule has 2 aromatic heterocycles. The van der Waals surface area contributed by atoms with Crippen molar-refractivity contribution in [2.45, 2.75) is 105 Å². The van der Waals surface area contributed by atoms with Gasteiger partial charge < -0.3 is 4.42 Å². The van der Waals surface area contributed by atoms with Crippen LogP contribution >= 0.6 is 0 Å². The fourth-order valence-electron chi connectivity index (χ4n) is 10.1. The first-order valence-corrected chi connectivity index (χ1v) is 16.8. The molecule has 0 amide bonds. The van der Waals surface area contributed by atoms with Crippen LogP contribution in [0.25, 0.3) is 22.4 Å². The Bertz CT molecular complexity index is 1470. The van der Waals surface area contributed by atoms with Gasteiger partial charge >= 0.3 is 6.01 Å². The average molecular weight is 568 g/mol. The number of benzene rings is 1. The van der Waals surface area contributed by atoms with Crippen molar-refractivity contribution in [2.24, 2.45) is 51.4 Å². The molecule has 224 valence electrons. The van der Waals surface area contributed by atoms with Gasteiger partial charge in [-0.2, -0.15) is 10.1 Å². The van der Waals surface area contributed by atoms with Crippen LogP contribution < -0.4 is 5.43 Å². The molecule has 0 aliphatic heterocycles. The summed E-state index contributed by atoms with van der Waals surface area (Å²) in [5.74, 6) is 5.20. The molecule has 0 spiro atoms. The Labute approximate surface area is 251 Å². The lowest BCUT2D eigenvalue weighted by Crippen LogP contribution is -2.50. The van der Waals surface area contributed by atoms with Gasteiger partial charge in [0.1, 0.15) is 0 Å². The van der Waals surface area contributed by atoms with Crippen LogP contribution in [0.3, 0.4) is 0 Å². The van der Waals surface area contributed by atoms with E-state index in [4.69, 9.17) is 9.52 Å². The number of nitrogens with one attached hydrogen (secondary N) is 1. The Hall–Kier alpha value is -2.76. The number of hydrazone groups is 1. The SMILES string of the molecule is CC(C)CCC[C@@H](C)[C@H]1CC[C@H]2[C@@H]3CC=C4C/C(=N/Nc5nc6nc7ccccc7nc6o5)CC[C@]4(C)[C@H]3CC[C@]12C. The molecule has 0 unspecified atom stereocenters. The number of nitrogens with zero attached hydrogens (tertiary/aromatic N) is 4. The minimum atomic E-state index is 0.315. The van der Waals surface area contributed by atoms with Crippen molar-refractivity contribution in [2.75, 3.05) is 5.43 Å². The highest BCUT2D eigenvalue weighted by Gasteiger charge is 2.59. The van der Waals surface area contributed by atoms with Gasteiger partial charge in [0, 0.05) is 12.1 Å². The average Bonchev–Trinajstić information content (AvgIpc) is 3.54. The molecule has 1 aromatic carbocycles. The predicted octanol–water partition coefficient (Wildman–Crippen LogP) is 9.58. The van der Waals surface area contributed by atoms with Gasteiger partial charge in [0.2, 0.25) is 5.65 Å². The first kappa shape index (κ1) is 28.0. The number of para-hydroxylation sites is 2. The largest absolute Gasteiger partial charge is 0.401 e. The monoisotopic (exact) mass is 567 g/mol. The Kier molecular flexibility index (Phi) is 7.18. The molecular weight excluding hydrogens is 518 g/mol. The number of rotatable bonds is 7. The van der Waals surface area contributed by atoms with Gasteiger partial charge in [-0.15, -0.1) is 0 Å². The molecular formula is C36H49N5O. The summed E-state index contributed by atoms with van der Waals surface area (Å²) in [6, 6.07) is 8.15. The first-order valence-electron chi connectivity index (χ1n) is 16.8. The zero-order valence-electron chi connectivity index (χ0n) is 26.3. The van der Waals surface area contributed by atoms with Crippen LogP contribution in [0, 0.1) is 46.3 Å². The lowest BCUT2D eigenvalue weighted by molar-refractivity contribution is -0.0468. The molecule has 4 aliphatic rings. The van der Waals surface area contributed by atoms with Crippen molar-refractivity contribution >= 4 is 34.1 Å². The summed E-state index contributed by atoms with van der Waals surface area (Å²) >= 11 is 0. The maximum atomic E-state index is 5.85. The highest BCUT2D eigenvalue weighted by Crippen LogP contribution is 2.67. The number of hydrogen-bond donors (Lipinski definition) is 1. The third kappa shape index (κ3) is 4.77. The van der Waals surface area contributed by atoms with Crippen LogP contribution in [-0.4, -0.2) is 20.7 Å². The lowest BCUT2D eigenvalue weighted by Gasteiger charge is -2.58. The third-order valence-corrected chi connectivity index (χ3v) is 12.4. The molecule has 3 aromatic rings. The van der Waals surface area contributed by atoms with E-state index in [0.717, 1.165) is 59.4 Å². The van der Waals surface area contributed by atoms with Crippen LogP contribution in [0.1, 0.15) is 105 Å². The molecule has 6 nitrogen and oxygen atoms in total. The standard InChI is InChI=1S/C36H49N5O/c1-22(2)9-8-10-23(3)27-15-16-28-26-14-13-24-21-25(17-19-35(24,4)29(26)18-20-36(27,28)5)40-41-34-39-32-33(42-34)38-31-12-7-6-11-30(31)37-32/h6-7,11-13,22-23,26-29H,8-10,14-21H2,1-5H3,(H,37,39,41)/b40-25+/t23-,26+,27-,28+,29+,35+,36-/m1/s1. The molecule has 4 aliphatic carbocycles. The molecule has 0 saturated heterocycles. The molecule has 0 bridgehead atoms. The highest BCUT2D eigenvalue weighted by molar-refractivity contribution is 5.89. The normalized spacial score (nSPS) is 34.3. The minimum absolute atomic E-state index is 0.315.